The van der Waals surface area contributed by atoms with Crippen molar-refractivity contribution in [2.24, 2.45) is 0 Å². The van der Waals surface area contributed by atoms with E-state index in [0.29, 0.717) is 11.2 Å². The third-order valence-corrected chi connectivity index (χ3v) is 3.82. The first kappa shape index (κ1) is 12.8. The average molecular weight is 297 g/mol. The molecule has 3 rings (SSSR count). The van der Waals surface area contributed by atoms with Gasteiger partial charge in [0, 0.05) is 12.0 Å². The maximum Gasteiger partial charge on any atom is 0.215 e. The molecule has 0 unspecified atom stereocenters. The summed E-state index contributed by atoms with van der Waals surface area (Å²) in [5, 5.41) is 13.8. The van der Waals surface area contributed by atoms with Crippen LogP contribution < -0.4 is 0 Å². The zero-order valence-corrected chi connectivity index (χ0v) is 12.2. The predicted molar refractivity (Wildman–Crippen MR) is 71.3 cm³/mol. The van der Waals surface area contributed by atoms with Crippen molar-refractivity contribution in [1.82, 2.24) is 30.2 Å². The summed E-state index contributed by atoms with van der Waals surface area (Å²) in [7, 11) is 0. The largest absolute Gasteiger partial charge is 0.226 e. The Balaban J connectivity index is 1.88. The van der Waals surface area contributed by atoms with E-state index in [0.717, 1.165) is 28.8 Å². The van der Waals surface area contributed by atoms with Crippen LogP contribution in [-0.4, -0.2) is 30.2 Å². The van der Waals surface area contributed by atoms with E-state index in [1.807, 2.05) is 18.5 Å². The molecule has 1 fully saturated rings. The Hall–Kier alpha value is -1.21. The van der Waals surface area contributed by atoms with Gasteiger partial charge in [0.05, 0.1) is 6.04 Å². The zero-order chi connectivity index (χ0) is 13.4. The number of halogens is 1. The van der Waals surface area contributed by atoms with Crippen LogP contribution in [0.1, 0.15) is 44.5 Å². The van der Waals surface area contributed by atoms with Gasteiger partial charge in [-0.05, 0) is 35.0 Å². The highest BCUT2D eigenvalue weighted by Crippen LogP contribution is 2.37. The Labute approximate surface area is 120 Å². The van der Waals surface area contributed by atoms with E-state index in [1.54, 1.807) is 6.07 Å². The molecule has 100 valence electrons. The van der Waals surface area contributed by atoms with Crippen LogP contribution in [0.2, 0.25) is 5.15 Å². The van der Waals surface area contributed by atoms with Gasteiger partial charge in [-0.3, -0.25) is 0 Å². The molecule has 6 nitrogen and oxygen atoms in total. The van der Waals surface area contributed by atoms with Gasteiger partial charge in [-0.1, -0.05) is 25.4 Å². The molecule has 2 aromatic heterocycles. The van der Waals surface area contributed by atoms with Crippen LogP contribution in [0.25, 0.3) is 0 Å². The van der Waals surface area contributed by atoms with Crippen molar-refractivity contribution >= 4 is 23.4 Å². The highest BCUT2D eigenvalue weighted by molar-refractivity contribution is 7.99. The molecule has 2 aromatic rings. The molecule has 19 heavy (non-hydrogen) atoms. The number of hydrogen-bond donors (Lipinski definition) is 0. The molecule has 0 spiro atoms. The van der Waals surface area contributed by atoms with Crippen LogP contribution in [0.4, 0.5) is 0 Å². The Bertz CT molecular complexity index is 595. The molecular weight excluding hydrogens is 284 g/mol. The Morgan fingerprint density at radius 2 is 2.16 bits per heavy atom. The van der Waals surface area contributed by atoms with E-state index >= 15 is 0 Å². The summed E-state index contributed by atoms with van der Waals surface area (Å²) in [4.78, 5) is 8.70. The summed E-state index contributed by atoms with van der Waals surface area (Å²) in [5.74, 6) is 0.970. The molecule has 1 aliphatic carbocycles. The van der Waals surface area contributed by atoms with E-state index in [1.165, 1.54) is 11.8 Å². The van der Waals surface area contributed by atoms with Gasteiger partial charge in [-0.15, -0.1) is 5.10 Å². The first-order valence-electron chi connectivity index (χ1n) is 6.13. The fourth-order valence-corrected chi connectivity index (χ4v) is 2.73. The van der Waals surface area contributed by atoms with E-state index < -0.39 is 0 Å². The van der Waals surface area contributed by atoms with Crippen LogP contribution in [0, 0.1) is 0 Å². The van der Waals surface area contributed by atoms with Gasteiger partial charge in [-0.2, -0.15) is 0 Å². The molecule has 1 aliphatic rings. The van der Waals surface area contributed by atoms with Gasteiger partial charge in [0.1, 0.15) is 16.0 Å². The number of rotatable bonds is 4. The lowest BCUT2D eigenvalue weighted by atomic mass is 10.2. The van der Waals surface area contributed by atoms with Gasteiger partial charge < -0.3 is 0 Å². The monoisotopic (exact) mass is 296 g/mol. The molecule has 0 saturated heterocycles. The minimum Gasteiger partial charge on any atom is -0.226 e. The zero-order valence-electron chi connectivity index (χ0n) is 10.6. The number of hydrogen-bond acceptors (Lipinski definition) is 6. The molecule has 8 heteroatoms. The molecule has 0 amide bonds. The second kappa shape index (κ2) is 5.05. The van der Waals surface area contributed by atoms with E-state index in [-0.39, 0.29) is 5.92 Å². The number of tetrazole rings is 1. The minimum absolute atomic E-state index is 0.234. The summed E-state index contributed by atoms with van der Waals surface area (Å²) < 4.78 is 1.86. The molecule has 0 bridgehead atoms. The van der Waals surface area contributed by atoms with Gasteiger partial charge in [0.2, 0.25) is 5.16 Å². The summed E-state index contributed by atoms with van der Waals surface area (Å²) in [6.45, 7) is 4.07. The van der Waals surface area contributed by atoms with Gasteiger partial charge in [0.15, 0.2) is 0 Å². The van der Waals surface area contributed by atoms with E-state index in [4.69, 9.17) is 11.6 Å². The van der Waals surface area contributed by atoms with Gasteiger partial charge in [-0.25, -0.2) is 14.6 Å². The Kier molecular flexibility index (Phi) is 3.40. The number of aromatic nitrogens is 6. The van der Waals surface area contributed by atoms with E-state index in [9.17, 15) is 0 Å². The van der Waals surface area contributed by atoms with Crippen molar-refractivity contribution in [2.45, 2.75) is 48.8 Å². The second-order valence-electron chi connectivity index (χ2n) is 4.78. The molecule has 0 aliphatic heterocycles. The lowest BCUT2D eigenvalue weighted by molar-refractivity contribution is 0.565. The second-order valence-corrected chi connectivity index (χ2v) is 6.16. The Morgan fingerprint density at radius 3 is 2.84 bits per heavy atom. The molecule has 1 saturated carbocycles. The van der Waals surface area contributed by atoms with Crippen LogP contribution >= 0.6 is 23.4 Å². The van der Waals surface area contributed by atoms with Crippen LogP contribution in [0.3, 0.4) is 0 Å². The smallest absolute Gasteiger partial charge is 0.215 e. The average Bonchev–Trinajstić information content (AvgIpc) is 3.10. The summed E-state index contributed by atoms with van der Waals surface area (Å²) in [5.41, 5.74) is 0. The van der Waals surface area contributed by atoms with E-state index in [2.05, 4.69) is 25.5 Å². The van der Waals surface area contributed by atoms with Gasteiger partial charge in [0.25, 0.3) is 0 Å². The SMILES string of the molecule is CC(C)c1nc(Cl)cc(Sc2nnnn2C2CC2)n1. The fraction of sp³-hybridized carbons (Fsp3) is 0.545. The molecule has 0 atom stereocenters. The Morgan fingerprint density at radius 1 is 1.37 bits per heavy atom. The summed E-state index contributed by atoms with van der Waals surface area (Å²) in [6, 6.07) is 2.18. The highest BCUT2D eigenvalue weighted by Gasteiger charge is 2.28. The normalized spacial score (nSPS) is 15.2. The molecule has 0 aromatic carbocycles. The number of nitrogens with zero attached hydrogens (tertiary/aromatic N) is 6. The van der Waals surface area contributed by atoms with Crippen LogP contribution in [0.5, 0.6) is 0 Å². The van der Waals surface area contributed by atoms with Crippen LogP contribution in [0.15, 0.2) is 16.2 Å². The van der Waals surface area contributed by atoms with Crippen LogP contribution in [-0.2, 0) is 0 Å². The van der Waals surface area contributed by atoms with Crippen molar-refractivity contribution in [1.29, 1.82) is 0 Å². The highest BCUT2D eigenvalue weighted by atomic mass is 35.5. The maximum absolute atomic E-state index is 6.03. The molecular formula is C11H13ClN6S. The van der Waals surface area contributed by atoms with Crippen molar-refractivity contribution in [3.05, 3.63) is 17.0 Å². The first-order chi connectivity index (χ1) is 9.13. The molecule has 0 N–H and O–H groups in total. The van der Waals surface area contributed by atoms with Crippen molar-refractivity contribution in [3.8, 4) is 0 Å². The lowest BCUT2D eigenvalue weighted by Crippen LogP contribution is -2.01. The molecule has 2 heterocycles. The van der Waals surface area contributed by atoms with Crippen molar-refractivity contribution in [2.75, 3.05) is 0 Å². The predicted octanol–water partition coefficient (Wildman–Crippen LogP) is 2.73. The third-order valence-electron chi connectivity index (χ3n) is 2.76. The fourth-order valence-electron chi connectivity index (χ4n) is 1.62. The summed E-state index contributed by atoms with van der Waals surface area (Å²) in [6.07, 6.45) is 2.28. The quantitative estimate of drug-likeness (QED) is 0.808. The molecule has 0 radical (unpaired) electrons. The third kappa shape index (κ3) is 2.87. The minimum atomic E-state index is 0.234. The first-order valence-corrected chi connectivity index (χ1v) is 7.33. The standard InChI is InChI=1S/C11H13ClN6S/c1-6(2)10-13-8(12)5-9(14-10)19-11-15-16-17-18(11)7-3-4-7/h5-7H,3-4H2,1-2H3. The lowest BCUT2D eigenvalue weighted by Gasteiger charge is -2.06. The topological polar surface area (TPSA) is 69.4 Å². The van der Waals surface area contributed by atoms with Crippen molar-refractivity contribution < 1.29 is 0 Å². The van der Waals surface area contributed by atoms with Gasteiger partial charge >= 0.3 is 0 Å². The summed E-state index contributed by atoms with van der Waals surface area (Å²) >= 11 is 7.45. The maximum atomic E-state index is 6.03. The van der Waals surface area contributed by atoms with Crippen molar-refractivity contribution in [3.63, 3.8) is 0 Å².